The highest BCUT2D eigenvalue weighted by Gasteiger charge is 2.34. The maximum atomic E-state index is 12.8. The summed E-state index contributed by atoms with van der Waals surface area (Å²) in [7, 11) is 1.86. The highest BCUT2D eigenvalue weighted by Crippen LogP contribution is 2.28. The van der Waals surface area contributed by atoms with Gasteiger partial charge in [0, 0.05) is 31.9 Å². The van der Waals surface area contributed by atoms with Gasteiger partial charge in [-0.3, -0.25) is 4.79 Å². The quantitative estimate of drug-likeness (QED) is 0.849. The molecule has 2 aromatic heterocycles. The van der Waals surface area contributed by atoms with Crippen molar-refractivity contribution < 1.29 is 14.3 Å². The Morgan fingerprint density at radius 1 is 1.36 bits per heavy atom. The largest absolute Gasteiger partial charge is 0.443 e. The van der Waals surface area contributed by atoms with Crippen molar-refractivity contribution in [2.45, 2.75) is 32.8 Å². The molecule has 0 unspecified atom stereocenters. The molecule has 0 radical (unpaired) electrons. The van der Waals surface area contributed by atoms with E-state index in [4.69, 9.17) is 10.5 Å². The number of aromatic nitrogens is 3. The third kappa shape index (κ3) is 3.19. The van der Waals surface area contributed by atoms with Gasteiger partial charge >= 0.3 is 6.09 Å². The van der Waals surface area contributed by atoms with Crippen molar-refractivity contribution in [2.24, 2.45) is 7.05 Å². The predicted octanol–water partition coefficient (Wildman–Crippen LogP) is 2.00. The zero-order valence-electron chi connectivity index (χ0n) is 14.7. The summed E-state index contributed by atoms with van der Waals surface area (Å²) in [6, 6.07) is 3.46. The second kappa shape index (κ2) is 5.87. The lowest BCUT2D eigenvalue weighted by atomic mass is 10.1. The Bertz CT molecular complexity index is 850. The first kappa shape index (κ1) is 16.9. The van der Waals surface area contributed by atoms with Crippen molar-refractivity contribution in [2.75, 3.05) is 12.3 Å². The Morgan fingerprint density at radius 3 is 2.72 bits per heavy atom. The van der Waals surface area contributed by atoms with E-state index in [1.54, 1.807) is 39.1 Å². The number of imide groups is 1. The Balaban J connectivity index is 1.95. The molecule has 0 fully saturated rings. The fourth-order valence-corrected chi connectivity index (χ4v) is 2.85. The van der Waals surface area contributed by atoms with Crippen LogP contribution in [0.25, 0.3) is 11.4 Å². The van der Waals surface area contributed by atoms with E-state index in [1.165, 1.54) is 0 Å². The third-order valence-corrected chi connectivity index (χ3v) is 3.96. The molecule has 0 bridgehead atoms. The molecular weight excluding hydrogens is 322 g/mol. The summed E-state index contributed by atoms with van der Waals surface area (Å²) < 4.78 is 7.23. The van der Waals surface area contributed by atoms with Crippen LogP contribution in [0.3, 0.4) is 0 Å². The number of fused-ring (bicyclic) bond motifs is 1. The fraction of sp³-hybridized carbons (Fsp3) is 0.412. The van der Waals surface area contributed by atoms with Crippen LogP contribution in [0.1, 0.15) is 36.8 Å². The molecule has 0 saturated heterocycles. The number of amides is 2. The summed E-state index contributed by atoms with van der Waals surface area (Å²) in [6.45, 7) is 5.59. The van der Waals surface area contributed by atoms with E-state index in [0.717, 1.165) is 16.3 Å². The normalized spacial score (nSPS) is 14.4. The van der Waals surface area contributed by atoms with Crippen molar-refractivity contribution in [1.82, 2.24) is 19.4 Å². The van der Waals surface area contributed by atoms with E-state index >= 15 is 0 Å². The first-order chi connectivity index (χ1) is 11.7. The van der Waals surface area contributed by atoms with Gasteiger partial charge in [0.05, 0.1) is 17.0 Å². The van der Waals surface area contributed by atoms with Crippen molar-refractivity contribution >= 4 is 17.9 Å². The highest BCUT2D eigenvalue weighted by molar-refractivity contribution is 6.05. The molecule has 0 saturated carbocycles. The molecule has 0 aromatic carbocycles. The summed E-state index contributed by atoms with van der Waals surface area (Å²) in [4.78, 5) is 34.3. The Hall–Kier alpha value is -2.90. The van der Waals surface area contributed by atoms with E-state index in [0.29, 0.717) is 17.7 Å². The van der Waals surface area contributed by atoms with Crippen molar-refractivity contribution in [3.8, 4) is 11.4 Å². The molecule has 0 aliphatic carbocycles. The number of nitrogens with two attached hydrogens (primary N) is 1. The number of carbonyl (C=O) groups excluding carboxylic acids is 2. The van der Waals surface area contributed by atoms with Crippen molar-refractivity contribution in [3.05, 3.63) is 29.6 Å². The third-order valence-electron chi connectivity index (χ3n) is 3.96. The average molecular weight is 343 g/mol. The molecule has 3 heterocycles. The van der Waals surface area contributed by atoms with Gasteiger partial charge < -0.3 is 15.0 Å². The van der Waals surface area contributed by atoms with Gasteiger partial charge in [-0.2, -0.15) is 0 Å². The molecule has 3 rings (SSSR count). The summed E-state index contributed by atoms with van der Waals surface area (Å²) in [5, 5.41) is 0. The zero-order valence-corrected chi connectivity index (χ0v) is 14.7. The Labute approximate surface area is 145 Å². The van der Waals surface area contributed by atoms with E-state index in [1.807, 2.05) is 11.6 Å². The number of nitrogens with zero attached hydrogens (tertiary/aromatic N) is 4. The van der Waals surface area contributed by atoms with Crippen LogP contribution in [0.15, 0.2) is 18.3 Å². The number of hydrogen-bond acceptors (Lipinski definition) is 6. The molecule has 2 N–H and O–H groups in total. The molecule has 2 amide bonds. The lowest BCUT2D eigenvalue weighted by Gasteiger charge is -2.28. The van der Waals surface area contributed by atoms with Crippen LogP contribution in [-0.2, 0) is 18.2 Å². The van der Waals surface area contributed by atoms with Gasteiger partial charge in [0.25, 0.3) is 5.91 Å². The minimum Gasteiger partial charge on any atom is -0.443 e. The van der Waals surface area contributed by atoms with Crippen LogP contribution in [0.2, 0.25) is 0 Å². The second-order valence-corrected chi connectivity index (χ2v) is 6.94. The summed E-state index contributed by atoms with van der Waals surface area (Å²) in [5.41, 5.74) is 7.70. The molecular formula is C17H21N5O3. The molecule has 0 atom stereocenters. The summed E-state index contributed by atoms with van der Waals surface area (Å²) >= 11 is 0. The van der Waals surface area contributed by atoms with Gasteiger partial charge in [-0.1, -0.05) is 0 Å². The number of rotatable bonds is 1. The first-order valence-electron chi connectivity index (χ1n) is 7.99. The average Bonchev–Trinajstić information content (AvgIpc) is 2.84. The van der Waals surface area contributed by atoms with Gasteiger partial charge in [-0.05, 0) is 32.9 Å². The monoisotopic (exact) mass is 343 g/mol. The van der Waals surface area contributed by atoms with Gasteiger partial charge in [0.2, 0.25) is 5.95 Å². The Kier molecular flexibility index (Phi) is 3.98. The van der Waals surface area contributed by atoms with Crippen LogP contribution in [0.4, 0.5) is 10.7 Å². The second-order valence-electron chi connectivity index (χ2n) is 6.94. The first-order valence-corrected chi connectivity index (χ1v) is 7.99. The lowest BCUT2D eigenvalue weighted by Crippen LogP contribution is -2.44. The molecule has 0 spiro atoms. The maximum absolute atomic E-state index is 12.8. The van der Waals surface area contributed by atoms with E-state index in [9.17, 15) is 9.59 Å². The maximum Gasteiger partial charge on any atom is 0.417 e. The van der Waals surface area contributed by atoms with Gasteiger partial charge in [-0.15, -0.1) is 0 Å². The molecule has 25 heavy (non-hydrogen) atoms. The lowest BCUT2D eigenvalue weighted by molar-refractivity contribution is 0.0232. The Morgan fingerprint density at radius 2 is 2.08 bits per heavy atom. The van der Waals surface area contributed by atoms with Gasteiger partial charge in [0.15, 0.2) is 0 Å². The zero-order chi connectivity index (χ0) is 18.4. The minimum atomic E-state index is -0.655. The van der Waals surface area contributed by atoms with Crippen LogP contribution in [0, 0.1) is 0 Å². The van der Waals surface area contributed by atoms with Crippen molar-refractivity contribution in [3.63, 3.8) is 0 Å². The summed E-state index contributed by atoms with van der Waals surface area (Å²) in [5.74, 6) is -0.197. The van der Waals surface area contributed by atoms with Crippen LogP contribution in [0.5, 0.6) is 0 Å². The SMILES string of the molecule is Cn1c(-c2ccnc(N)n2)cc2c1CCN(C(=O)OC(C)(C)C)C2=O. The predicted molar refractivity (Wildman–Crippen MR) is 91.8 cm³/mol. The van der Waals surface area contributed by atoms with E-state index in [2.05, 4.69) is 9.97 Å². The summed E-state index contributed by atoms with van der Waals surface area (Å²) in [6.07, 6.45) is 1.50. The van der Waals surface area contributed by atoms with Gasteiger partial charge in [0.1, 0.15) is 5.60 Å². The smallest absolute Gasteiger partial charge is 0.417 e. The van der Waals surface area contributed by atoms with Crippen LogP contribution >= 0.6 is 0 Å². The fourth-order valence-electron chi connectivity index (χ4n) is 2.85. The number of ether oxygens (including phenoxy) is 1. The molecule has 2 aromatic rings. The molecule has 8 nitrogen and oxygen atoms in total. The number of hydrogen-bond donors (Lipinski definition) is 1. The van der Waals surface area contributed by atoms with E-state index in [-0.39, 0.29) is 18.4 Å². The number of carbonyl (C=O) groups is 2. The molecule has 1 aliphatic rings. The molecule has 132 valence electrons. The number of nitrogen functional groups attached to an aromatic ring is 1. The topological polar surface area (TPSA) is 103 Å². The molecule has 1 aliphatic heterocycles. The van der Waals surface area contributed by atoms with Gasteiger partial charge in [-0.25, -0.2) is 19.7 Å². The van der Waals surface area contributed by atoms with E-state index < -0.39 is 11.7 Å². The molecule has 8 heteroatoms. The van der Waals surface area contributed by atoms with Crippen LogP contribution in [-0.4, -0.2) is 43.6 Å². The highest BCUT2D eigenvalue weighted by atomic mass is 16.6. The standard InChI is InChI=1S/C17H21N5O3/c1-17(2,3)25-16(24)22-8-6-12-10(14(22)23)9-13(21(12)4)11-5-7-19-15(18)20-11/h5,7,9H,6,8H2,1-4H3,(H2,18,19,20). The number of anilines is 1. The van der Waals surface area contributed by atoms with Crippen LogP contribution < -0.4 is 5.73 Å². The van der Waals surface area contributed by atoms with Crippen molar-refractivity contribution in [1.29, 1.82) is 0 Å². The minimum absolute atomic E-state index is 0.165.